The van der Waals surface area contributed by atoms with Gasteiger partial charge in [0.1, 0.15) is 23.7 Å². The van der Waals surface area contributed by atoms with E-state index >= 15 is 0 Å². The van der Waals surface area contributed by atoms with Crippen LogP contribution in [0.4, 0.5) is 4.39 Å². The molecule has 1 aliphatic heterocycles. The quantitative estimate of drug-likeness (QED) is 0.367. The van der Waals surface area contributed by atoms with Crippen LogP contribution in [0.2, 0.25) is 0 Å². The van der Waals surface area contributed by atoms with Crippen LogP contribution in [0.15, 0.2) is 47.4 Å². The normalized spacial score (nSPS) is 14.9. The van der Waals surface area contributed by atoms with Gasteiger partial charge in [0, 0.05) is 37.7 Å². The van der Waals surface area contributed by atoms with E-state index in [-0.39, 0.29) is 60.5 Å². The van der Waals surface area contributed by atoms with Gasteiger partial charge in [-0.1, -0.05) is 12.1 Å². The summed E-state index contributed by atoms with van der Waals surface area (Å²) < 4.78 is 52.2. The Morgan fingerprint density at radius 1 is 1.17 bits per heavy atom. The highest BCUT2D eigenvalue weighted by molar-refractivity contribution is 7.89. The van der Waals surface area contributed by atoms with Crippen LogP contribution in [0.5, 0.6) is 5.75 Å². The number of nitrogens with zero attached hydrogens (tertiary/aromatic N) is 3. The number of hydrogen-bond acceptors (Lipinski definition) is 8. The van der Waals surface area contributed by atoms with Gasteiger partial charge in [0.05, 0.1) is 35.7 Å². The molecule has 0 unspecified atom stereocenters. The lowest BCUT2D eigenvalue weighted by atomic mass is 9.82. The molecule has 2 aromatic rings. The smallest absolute Gasteiger partial charge is 0.307 e. The van der Waals surface area contributed by atoms with Crippen molar-refractivity contribution in [3.63, 3.8) is 0 Å². The van der Waals surface area contributed by atoms with Gasteiger partial charge >= 0.3 is 5.97 Å². The van der Waals surface area contributed by atoms with Crippen LogP contribution in [-0.2, 0) is 19.6 Å². The van der Waals surface area contributed by atoms with E-state index in [0.29, 0.717) is 13.1 Å². The molecule has 9 nitrogen and oxygen atoms in total. The highest BCUT2D eigenvalue weighted by Crippen LogP contribution is 2.36. The van der Waals surface area contributed by atoms with E-state index in [1.54, 1.807) is 25.1 Å². The molecular weight excluding hydrogens is 475 g/mol. The topological polar surface area (TPSA) is 133 Å². The minimum atomic E-state index is -3.91. The lowest BCUT2D eigenvalue weighted by Crippen LogP contribution is -2.64. The van der Waals surface area contributed by atoms with Crippen LogP contribution < -0.4 is 10.1 Å². The standard InChI is InChI=1S/C24H25FN4O5S/c1-2-33-23(30)9-10-28-14-24(17-34-20-8-7-18(12-26)21(25)11-20)15-29(16-24)35(31,32)22-6-4-3-5-19(22)13-27/h3-8,11,28H,2,9-10,14-17H2,1H3. The number of esters is 1. The highest BCUT2D eigenvalue weighted by atomic mass is 32.2. The first-order valence-electron chi connectivity index (χ1n) is 10.9. The van der Waals surface area contributed by atoms with E-state index in [9.17, 15) is 22.9 Å². The molecule has 0 amide bonds. The van der Waals surface area contributed by atoms with Crippen molar-refractivity contribution in [2.45, 2.75) is 18.2 Å². The van der Waals surface area contributed by atoms with Gasteiger partial charge in [-0.3, -0.25) is 4.79 Å². The highest BCUT2D eigenvalue weighted by Gasteiger charge is 2.49. The average Bonchev–Trinajstić information content (AvgIpc) is 2.82. The first-order chi connectivity index (χ1) is 16.7. The maximum atomic E-state index is 14.0. The third-order valence-corrected chi connectivity index (χ3v) is 7.42. The van der Waals surface area contributed by atoms with E-state index in [0.717, 1.165) is 6.07 Å². The Kier molecular flexibility index (Phi) is 8.41. The molecule has 1 fully saturated rings. The maximum absolute atomic E-state index is 14.0. The molecule has 2 aromatic carbocycles. The van der Waals surface area contributed by atoms with Gasteiger partial charge in [0.25, 0.3) is 0 Å². The molecule has 1 saturated heterocycles. The van der Waals surface area contributed by atoms with Crippen molar-refractivity contribution in [3.05, 3.63) is 59.4 Å². The van der Waals surface area contributed by atoms with Gasteiger partial charge < -0.3 is 14.8 Å². The summed E-state index contributed by atoms with van der Waals surface area (Å²) in [6.45, 7) is 2.93. The van der Waals surface area contributed by atoms with Crippen molar-refractivity contribution in [1.82, 2.24) is 9.62 Å². The van der Waals surface area contributed by atoms with Gasteiger partial charge in [-0.25, -0.2) is 12.8 Å². The van der Waals surface area contributed by atoms with Gasteiger partial charge in [-0.05, 0) is 31.2 Å². The van der Waals surface area contributed by atoms with Crippen LogP contribution in [0, 0.1) is 33.9 Å². The Labute approximate surface area is 203 Å². The molecule has 0 bridgehead atoms. The molecule has 0 aromatic heterocycles. The molecule has 0 saturated carbocycles. The van der Waals surface area contributed by atoms with E-state index in [4.69, 9.17) is 14.7 Å². The molecule has 35 heavy (non-hydrogen) atoms. The summed E-state index contributed by atoms with van der Waals surface area (Å²) in [5.41, 5.74) is -0.708. The van der Waals surface area contributed by atoms with Crippen LogP contribution in [0.3, 0.4) is 0 Å². The number of carbonyl (C=O) groups excluding carboxylic acids is 1. The first-order valence-corrected chi connectivity index (χ1v) is 12.4. The Bertz CT molecular complexity index is 1260. The molecule has 0 spiro atoms. The van der Waals surface area contributed by atoms with Crippen molar-refractivity contribution >= 4 is 16.0 Å². The minimum Gasteiger partial charge on any atom is -0.493 e. The number of benzene rings is 2. The molecular formula is C24H25FN4O5S. The van der Waals surface area contributed by atoms with Crippen molar-refractivity contribution in [2.75, 3.05) is 39.4 Å². The van der Waals surface area contributed by atoms with E-state index in [2.05, 4.69) is 5.32 Å². The molecule has 3 rings (SSSR count). The SMILES string of the molecule is CCOC(=O)CCNCC1(COc2ccc(C#N)c(F)c2)CN(S(=O)(=O)c2ccccc2C#N)C1. The second kappa shape index (κ2) is 11.3. The third-order valence-electron chi connectivity index (χ3n) is 5.57. The summed E-state index contributed by atoms with van der Waals surface area (Å²) in [6, 6.07) is 13.5. The Morgan fingerprint density at radius 3 is 2.54 bits per heavy atom. The number of halogens is 1. The summed E-state index contributed by atoms with van der Waals surface area (Å²) in [5.74, 6) is -0.842. The Hall–Kier alpha value is -3.51. The van der Waals surface area contributed by atoms with Crippen LogP contribution >= 0.6 is 0 Å². The molecule has 1 aliphatic rings. The van der Waals surface area contributed by atoms with Crippen molar-refractivity contribution in [3.8, 4) is 17.9 Å². The fourth-order valence-corrected chi connectivity index (χ4v) is 5.55. The van der Waals surface area contributed by atoms with Gasteiger partial charge in [-0.15, -0.1) is 0 Å². The first kappa shape index (κ1) is 26.1. The van der Waals surface area contributed by atoms with E-state index < -0.39 is 21.3 Å². The zero-order chi connectivity index (χ0) is 25.5. The lowest BCUT2D eigenvalue weighted by Gasteiger charge is -2.48. The zero-order valence-corrected chi connectivity index (χ0v) is 20.0. The van der Waals surface area contributed by atoms with E-state index in [1.807, 2.05) is 6.07 Å². The fraction of sp³-hybridized carbons (Fsp3) is 0.375. The molecule has 0 radical (unpaired) electrons. The number of nitriles is 2. The molecule has 0 aliphatic carbocycles. The maximum Gasteiger partial charge on any atom is 0.307 e. The second-order valence-electron chi connectivity index (χ2n) is 8.15. The van der Waals surface area contributed by atoms with Crippen molar-refractivity contribution in [1.29, 1.82) is 10.5 Å². The number of nitrogens with one attached hydrogen (secondary N) is 1. The number of sulfonamides is 1. The second-order valence-corrected chi connectivity index (χ2v) is 10.1. The predicted octanol–water partition coefficient (Wildman–Crippen LogP) is 2.18. The molecule has 0 atom stereocenters. The van der Waals surface area contributed by atoms with Crippen LogP contribution in [0.25, 0.3) is 0 Å². The predicted molar refractivity (Wildman–Crippen MR) is 123 cm³/mol. The number of ether oxygens (including phenoxy) is 2. The van der Waals surface area contributed by atoms with Gasteiger partial charge in [0.15, 0.2) is 0 Å². The summed E-state index contributed by atoms with van der Waals surface area (Å²) in [6.07, 6.45) is 0.156. The zero-order valence-electron chi connectivity index (χ0n) is 19.2. The number of rotatable bonds is 11. The lowest BCUT2D eigenvalue weighted by molar-refractivity contribution is -0.143. The summed E-state index contributed by atoms with van der Waals surface area (Å²) in [5, 5.41) is 21.3. The van der Waals surface area contributed by atoms with E-state index in [1.165, 1.54) is 28.6 Å². The molecule has 1 heterocycles. The monoisotopic (exact) mass is 500 g/mol. The molecule has 184 valence electrons. The number of hydrogen-bond donors (Lipinski definition) is 1. The Morgan fingerprint density at radius 2 is 1.89 bits per heavy atom. The fourth-order valence-electron chi connectivity index (χ4n) is 3.74. The summed E-state index contributed by atoms with van der Waals surface area (Å²) >= 11 is 0. The Balaban J connectivity index is 1.72. The molecule has 1 N–H and O–H groups in total. The van der Waals surface area contributed by atoms with Gasteiger partial charge in [0.2, 0.25) is 10.0 Å². The number of carbonyl (C=O) groups is 1. The van der Waals surface area contributed by atoms with Gasteiger partial charge in [-0.2, -0.15) is 14.8 Å². The third kappa shape index (κ3) is 6.14. The largest absolute Gasteiger partial charge is 0.493 e. The van der Waals surface area contributed by atoms with Crippen molar-refractivity contribution < 1.29 is 27.1 Å². The summed E-state index contributed by atoms with van der Waals surface area (Å²) in [7, 11) is -3.91. The molecule has 11 heteroatoms. The van der Waals surface area contributed by atoms with Crippen molar-refractivity contribution in [2.24, 2.45) is 5.41 Å². The minimum absolute atomic E-state index is 0.0573. The van der Waals surface area contributed by atoms with Crippen LogP contribution in [0.1, 0.15) is 24.5 Å². The van der Waals surface area contributed by atoms with Crippen LogP contribution in [-0.4, -0.2) is 58.1 Å². The summed E-state index contributed by atoms with van der Waals surface area (Å²) in [4.78, 5) is 11.5. The average molecular weight is 501 g/mol.